The molecule has 0 fully saturated rings. The zero-order chi connectivity index (χ0) is 53.1. The number of hydrogen-bond acceptors (Lipinski definition) is 8. The van der Waals surface area contributed by atoms with Gasteiger partial charge in [-0.1, -0.05) is 266 Å². The molecule has 0 bridgehead atoms. The highest BCUT2D eigenvalue weighted by molar-refractivity contribution is 7.47. The smallest absolute Gasteiger partial charge is 0.462 e. The van der Waals surface area contributed by atoms with Crippen molar-refractivity contribution < 1.29 is 37.6 Å². The molecular weight excluding hydrogens is 930 g/mol. The number of ether oxygens (including phenoxy) is 2. The third-order valence-electron chi connectivity index (χ3n) is 12.8. The molecule has 0 rings (SSSR count). The minimum Gasteiger partial charge on any atom is -0.462 e. The molecule has 0 aromatic rings. The molecule has 2 unspecified atom stereocenters. The summed E-state index contributed by atoms with van der Waals surface area (Å²) >= 11 is 0. The van der Waals surface area contributed by atoms with E-state index in [2.05, 4.69) is 86.8 Å². The van der Waals surface area contributed by atoms with Crippen LogP contribution in [0.5, 0.6) is 0 Å². The largest absolute Gasteiger partial charge is 0.472 e. The number of carbonyl (C=O) groups is 2. The maximum atomic E-state index is 12.6. The summed E-state index contributed by atoms with van der Waals surface area (Å²) in [6.07, 6.45) is 76.8. The van der Waals surface area contributed by atoms with Crippen molar-refractivity contribution in [2.75, 3.05) is 26.4 Å². The van der Waals surface area contributed by atoms with Crippen molar-refractivity contribution in [1.29, 1.82) is 0 Å². The van der Waals surface area contributed by atoms with Gasteiger partial charge in [-0.2, -0.15) is 0 Å². The van der Waals surface area contributed by atoms with Crippen LogP contribution in [0.2, 0.25) is 0 Å². The van der Waals surface area contributed by atoms with Gasteiger partial charge < -0.3 is 20.1 Å². The number of rotatable bonds is 56. The summed E-state index contributed by atoms with van der Waals surface area (Å²) in [5.74, 6) is -0.922. The average Bonchev–Trinajstić information content (AvgIpc) is 3.38. The lowest BCUT2D eigenvalue weighted by Gasteiger charge is -2.19. The van der Waals surface area contributed by atoms with E-state index in [9.17, 15) is 19.0 Å². The van der Waals surface area contributed by atoms with E-state index in [1.54, 1.807) is 0 Å². The number of nitrogens with two attached hydrogens (primary N) is 1. The molecule has 0 aromatic heterocycles. The minimum absolute atomic E-state index is 0.0391. The Morgan fingerprint density at radius 3 is 1.18 bits per heavy atom. The Balaban J connectivity index is 3.93. The first-order valence-electron chi connectivity index (χ1n) is 30.1. The predicted octanol–water partition coefficient (Wildman–Crippen LogP) is 19.1. The molecule has 0 heterocycles. The fourth-order valence-electron chi connectivity index (χ4n) is 8.36. The number of phosphoric ester groups is 1. The van der Waals surface area contributed by atoms with Crippen molar-refractivity contribution in [3.8, 4) is 0 Å². The highest BCUT2D eigenvalue weighted by Gasteiger charge is 2.26. The molecule has 0 aliphatic carbocycles. The fourth-order valence-corrected chi connectivity index (χ4v) is 9.13. The molecule has 422 valence electrons. The van der Waals surface area contributed by atoms with Crippen LogP contribution in [-0.2, 0) is 32.7 Å². The maximum absolute atomic E-state index is 12.6. The van der Waals surface area contributed by atoms with E-state index in [1.807, 2.05) is 12.2 Å². The van der Waals surface area contributed by atoms with E-state index < -0.39 is 32.5 Å². The number of unbranched alkanes of at least 4 members (excludes halogenated alkanes) is 29. The first-order valence-corrected chi connectivity index (χ1v) is 31.6. The second-order valence-corrected chi connectivity index (χ2v) is 21.3. The molecule has 0 aliphatic heterocycles. The molecule has 0 amide bonds. The first kappa shape index (κ1) is 70.2. The summed E-state index contributed by atoms with van der Waals surface area (Å²) in [4.78, 5) is 35.1. The molecule has 10 heteroatoms. The van der Waals surface area contributed by atoms with Crippen LogP contribution in [-0.4, -0.2) is 49.3 Å². The van der Waals surface area contributed by atoms with Crippen molar-refractivity contribution >= 4 is 19.8 Å². The van der Waals surface area contributed by atoms with Gasteiger partial charge in [0, 0.05) is 19.4 Å². The van der Waals surface area contributed by atoms with E-state index in [0.717, 1.165) is 57.8 Å². The first-order chi connectivity index (χ1) is 35.8. The molecule has 2 atom stereocenters. The molecule has 9 nitrogen and oxygen atoms in total. The Morgan fingerprint density at radius 2 is 0.781 bits per heavy atom. The summed E-state index contributed by atoms with van der Waals surface area (Å²) in [6.45, 7) is 3.56. The number of phosphoric acid groups is 1. The number of allylic oxidation sites excluding steroid dienone is 14. The van der Waals surface area contributed by atoms with Crippen molar-refractivity contribution in [3.63, 3.8) is 0 Å². The molecule has 0 saturated carbocycles. The van der Waals surface area contributed by atoms with Gasteiger partial charge >= 0.3 is 19.8 Å². The van der Waals surface area contributed by atoms with Gasteiger partial charge in [-0.3, -0.25) is 18.6 Å². The third kappa shape index (κ3) is 58.3. The van der Waals surface area contributed by atoms with Gasteiger partial charge in [-0.25, -0.2) is 4.57 Å². The molecule has 0 aliphatic rings. The molecule has 0 saturated heterocycles. The quantitative estimate of drug-likeness (QED) is 0.0264. The molecule has 0 spiro atoms. The van der Waals surface area contributed by atoms with Gasteiger partial charge in [0.1, 0.15) is 6.61 Å². The molecular formula is C63H112NO8P. The van der Waals surface area contributed by atoms with E-state index in [1.165, 1.54) is 180 Å². The summed E-state index contributed by atoms with van der Waals surface area (Å²) in [5, 5.41) is 0. The predicted molar refractivity (Wildman–Crippen MR) is 312 cm³/mol. The monoisotopic (exact) mass is 1040 g/mol. The van der Waals surface area contributed by atoms with Crippen molar-refractivity contribution in [3.05, 3.63) is 85.1 Å². The van der Waals surface area contributed by atoms with E-state index in [4.69, 9.17) is 24.3 Å². The summed E-state index contributed by atoms with van der Waals surface area (Å²) in [5.41, 5.74) is 5.37. The number of esters is 2. The average molecular weight is 1040 g/mol. The minimum atomic E-state index is -4.41. The number of carbonyl (C=O) groups excluding carboxylic acids is 2. The molecule has 3 N–H and O–H groups in total. The Bertz CT molecular complexity index is 1470. The highest BCUT2D eigenvalue weighted by Crippen LogP contribution is 2.43. The van der Waals surface area contributed by atoms with Gasteiger partial charge in [-0.05, 0) is 77.0 Å². The summed E-state index contributed by atoms with van der Waals surface area (Å²) in [7, 11) is -4.41. The van der Waals surface area contributed by atoms with E-state index in [-0.39, 0.29) is 32.6 Å². The van der Waals surface area contributed by atoms with Crippen LogP contribution in [0.15, 0.2) is 85.1 Å². The lowest BCUT2D eigenvalue weighted by Crippen LogP contribution is -2.29. The Morgan fingerprint density at radius 1 is 0.425 bits per heavy atom. The summed E-state index contributed by atoms with van der Waals surface area (Å²) < 4.78 is 32.9. The van der Waals surface area contributed by atoms with Gasteiger partial charge in [0.15, 0.2) is 6.10 Å². The topological polar surface area (TPSA) is 134 Å². The van der Waals surface area contributed by atoms with Crippen LogP contribution >= 0.6 is 7.82 Å². The SMILES string of the molecule is CC/C=C\C/C=C\C/C=C\C/C=C\C/C=C\C/C=C\CCC(=O)OC(COC(=O)CCCCCCCCCCCCCCCCCCCCCCC/C=C\CCCCCCCCCC)COP(=O)(O)OCCN. The fraction of sp³-hybridized carbons (Fsp3) is 0.746. The Kier molecular flexibility index (Phi) is 56.2. The van der Waals surface area contributed by atoms with Gasteiger partial charge in [0.25, 0.3) is 0 Å². The van der Waals surface area contributed by atoms with Gasteiger partial charge in [-0.15, -0.1) is 0 Å². The van der Waals surface area contributed by atoms with Crippen LogP contribution in [0.3, 0.4) is 0 Å². The zero-order valence-electron chi connectivity index (χ0n) is 47.1. The van der Waals surface area contributed by atoms with Crippen LogP contribution in [0, 0.1) is 0 Å². The van der Waals surface area contributed by atoms with Gasteiger partial charge in [0.2, 0.25) is 0 Å². The van der Waals surface area contributed by atoms with Crippen molar-refractivity contribution in [1.82, 2.24) is 0 Å². The van der Waals surface area contributed by atoms with Crippen LogP contribution in [0.4, 0.5) is 0 Å². The lowest BCUT2D eigenvalue weighted by atomic mass is 10.0. The summed E-state index contributed by atoms with van der Waals surface area (Å²) in [6, 6.07) is 0. The van der Waals surface area contributed by atoms with Crippen LogP contribution < -0.4 is 5.73 Å². The van der Waals surface area contributed by atoms with E-state index >= 15 is 0 Å². The second-order valence-electron chi connectivity index (χ2n) is 19.8. The highest BCUT2D eigenvalue weighted by atomic mass is 31.2. The zero-order valence-corrected chi connectivity index (χ0v) is 48.0. The van der Waals surface area contributed by atoms with Crippen molar-refractivity contribution in [2.24, 2.45) is 5.73 Å². The second kappa shape index (κ2) is 58.5. The Labute approximate surface area is 449 Å². The normalized spacial score (nSPS) is 13.6. The van der Waals surface area contributed by atoms with Crippen molar-refractivity contribution in [2.45, 2.75) is 277 Å². The van der Waals surface area contributed by atoms with Crippen LogP contribution in [0.1, 0.15) is 271 Å². The lowest BCUT2D eigenvalue weighted by molar-refractivity contribution is -0.161. The Hall–Kier alpha value is -2.81. The van der Waals surface area contributed by atoms with E-state index in [0.29, 0.717) is 6.42 Å². The van der Waals surface area contributed by atoms with Gasteiger partial charge in [0.05, 0.1) is 13.2 Å². The third-order valence-corrected chi connectivity index (χ3v) is 13.8. The number of hydrogen-bond donors (Lipinski definition) is 2. The molecule has 73 heavy (non-hydrogen) atoms. The molecule has 0 radical (unpaired) electrons. The maximum Gasteiger partial charge on any atom is 0.472 e. The molecule has 0 aromatic carbocycles. The van der Waals surface area contributed by atoms with Crippen LogP contribution in [0.25, 0.3) is 0 Å². The standard InChI is InChI=1S/C63H112NO8P/c1-3-5-7-9-11-13-15-17-19-21-23-24-25-26-27-28-29-30-31-32-33-34-35-36-38-39-41-43-45-47-49-51-53-55-62(65)69-59-61(60-71-73(67,68)70-58-57-64)72-63(66)56-54-52-50-48-46-44-42-40-37-22-20-18-16-14-12-10-8-6-4-2/h6,8,12,14,18,20-21,23,37,40,44,46,50,52,61H,3-5,7,9-11,13,15-17,19,22,24-36,38-39,41-43,45,47-49,51,53-60,64H2,1-2H3,(H,67,68)/b8-6-,14-12-,20-18-,23-21-,40-37-,46-44-,52-50-.